The molecule has 1 aromatic rings. The molecule has 0 atom stereocenters. The van der Waals surface area contributed by atoms with Gasteiger partial charge in [-0.1, -0.05) is 18.5 Å². The van der Waals surface area contributed by atoms with E-state index in [0.717, 1.165) is 31.9 Å². The number of hydrogen-bond donors (Lipinski definition) is 2. The SMILES string of the molecule is CCCCNC(=NCc1nc(C)no1)NCC. The number of hydrogen-bond acceptors (Lipinski definition) is 4. The summed E-state index contributed by atoms with van der Waals surface area (Å²) >= 11 is 0. The van der Waals surface area contributed by atoms with Crippen molar-refractivity contribution in [2.24, 2.45) is 4.99 Å². The van der Waals surface area contributed by atoms with Gasteiger partial charge < -0.3 is 15.2 Å². The minimum absolute atomic E-state index is 0.405. The molecule has 6 heteroatoms. The average Bonchev–Trinajstić information content (AvgIpc) is 2.72. The van der Waals surface area contributed by atoms with Gasteiger partial charge in [0.1, 0.15) is 6.54 Å². The summed E-state index contributed by atoms with van der Waals surface area (Å²) in [7, 11) is 0. The summed E-state index contributed by atoms with van der Waals surface area (Å²) < 4.78 is 4.99. The van der Waals surface area contributed by atoms with Gasteiger partial charge in [0.05, 0.1) is 0 Å². The fourth-order valence-corrected chi connectivity index (χ4v) is 1.28. The summed E-state index contributed by atoms with van der Waals surface area (Å²) in [4.78, 5) is 8.47. The lowest BCUT2D eigenvalue weighted by molar-refractivity contribution is 0.376. The van der Waals surface area contributed by atoms with E-state index in [4.69, 9.17) is 4.52 Å². The minimum Gasteiger partial charge on any atom is -0.357 e. The lowest BCUT2D eigenvalue weighted by Gasteiger charge is -2.09. The van der Waals surface area contributed by atoms with Gasteiger partial charge in [-0.15, -0.1) is 0 Å². The first-order valence-electron chi connectivity index (χ1n) is 6.07. The predicted molar refractivity (Wildman–Crippen MR) is 66.8 cm³/mol. The van der Waals surface area contributed by atoms with Crippen LogP contribution in [-0.4, -0.2) is 29.2 Å². The molecule has 0 unspecified atom stereocenters. The topological polar surface area (TPSA) is 75.3 Å². The van der Waals surface area contributed by atoms with Crippen LogP contribution < -0.4 is 10.6 Å². The first-order chi connectivity index (χ1) is 8.26. The first-order valence-corrected chi connectivity index (χ1v) is 6.07. The number of guanidine groups is 1. The Kier molecular flexibility index (Phi) is 6.06. The molecule has 0 amide bonds. The maximum Gasteiger partial charge on any atom is 0.248 e. The molecule has 0 spiro atoms. The zero-order valence-corrected chi connectivity index (χ0v) is 10.8. The lowest BCUT2D eigenvalue weighted by Crippen LogP contribution is -2.37. The summed E-state index contributed by atoms with van der Waals surface area (Å²) in [5.41, 5.74) is 0. The number of nitrogens with zero attached hydrogens (tertiary/aromatic N) is 3. The Balaban J connectivity index is 2.44. The van der Waals surface area contributed by atoms with Gasteiger partial charge in [-0.25, -0.2) is 4.99 Å². The number of aliphatic imine (C=N–C) groups is 1. The third-order valence-electron chi connectivity index (χ3n) is 2.11. The van der Waals surface area contributed by atoms with E-state index in [9.17, 15) is 0 Å². The van der Waals surface area contributed by atoms with Crippen LogP contribution >= 0.6 is 0 Å². The molecule has 96 valence electrons. The fourth-order valence-electron chi connectivity index (χ4n) is 1.28. The smallest absolute Gasteiger partial charge is 0.248 e. The molecule has 0 saturated heterocycles. The molecule has 0 radical (unpaired) electrons. The standard InChI is InChI=1S/C11H21N5O/c1-4-6-7-13-11(12-5-2)14-8-10-15-9(3)16-17-10/h4-8H2,1-3H3,(H2,12,13,14). The summed E-state index contributed by atoms with van der Waals surface area (Å²) in [6.45, 7) is 8.15. The molecule has 1 rings (SSSR count). The van der Waals surface area contributed by atoms with Gasteiger partial charge in [-0.2, -0.15) is 4.98 Å². The second kappa shape index (κ2) is 7.65. The third kappa shape index (κ3) is 5.33. The van der Waals surface area contributed by atoms with Crippen molar-refractivity contribution in [1.82, 2.24) is 20.8 Å². The van der Waals surface area contributed by atoms with Crippen LogP contribution in [0.5, 0.6) is 0 Å². The quantitative estimate of drug-likeness (QED) is 0.443. The van der Waals surface area contributed by atoms with Crippen molar-refractivity contribution >= 4 is 5.96 Å². The first kappa shape index (κ1) is 13.5. The van der Waals surface area contributed by atoms with Crippen molar-refractivity contribution in [1.29, 1.82) is 0 Å². The maximum atomic E-state index is 4.99. The number of unbranched alkanes of at least 4 members (excludes halogenated alkanes) is 1. The van der Waals surface area contributed by atoms with E-state index in [-0.39, 0.29) is 0 Å². The van der Waals surface area contributed by atoms with E-state index >= 15 is 0 Å². The predicted octanol–water partition coefficient (Wildman–Crippen LogP) is 1.23. The summed E-state index contributed by atoms with van der Waals surface area (Å²) in [6.07, 6.45) is 2.29. The van der Waals surface area contributed by atoms with E-state index in [0.29, 0.717) is 18.3 Å². The number of rotatable bonds is 6. The zero-order chi connectivity index (χ0) is 12.5. The Morgan fingerprint density at radius 3 is 2.76 bits per heavy atom. The average molecular weight is 239 g/mol. The van der Waals surface area contributed by atoms with E-state index in [1.165, 1.54) is 0 Å². The van der Waals surface area contributed by atoms with Crippen molar-refractivity contribution in [3.8, 4) is 0 Å². The van der Waals surface area contributed by atoms with Gasteiger partial charge in [-0.05, 0) is 20.3 Å². The van der Waals surface area contributed by atoms with Gasteiger partial charge in [0.15, 0.2) is 11.8 Å². The van der Waals surface area contributed by atoms with E-state index in [2.05, 4.69) is 32.7 Å². The normalized spacial score (nSPS) is 11.6. The van der Waals surface area contributed by atoms with Gasteiger partial charge in [0.2, 0.25) is 5.89 Å². The molecule has 0 aromatic carbocycles. The van der Waals surface area contributed by atoms with Crippen LogP contribution in [0.2, 0.25) is 0 Å². The van der Waals surface area contributed by atoms with Crippen LogP contribution in [0.15, 0.2) is 9.52 Å². The molecule has 0 aliphatic rings. The fraction of sp³-hybridized carbons (Fsp3) is 0.727. The van der Waals surface area contributed by atoms with Gasteiger partial charge in [0.25, 0.3) is 0 Å². The molecule has 2 N–H and O–H groups in total. The monoisotopic (exact) mass is 239 g/mol. The molecule has 6 nitrogen and oxygen atoms in total. The largest absolute Gasteiger partial charge is 0.357 e. The Bertz CT molecular complexity index is 347. The zero-order valence-electron chi connectivity index (χ0n) is 10.8. The van der Waals surface area contributed by atoms with Gasteiger partial charge >= 0.3 is 0 Å². The lowest BCUT2D eigenvalue weighted by atomic mass is 10.3. The summed E-state index contributed by atoms with van der Waals surface area (Å²) in [5.74, 6) is 1.96. The molecule has 0 fully saturated rings. The molecule has 0 aliphatic carbocycles. The Labute approximate surface area is 102 Å². The molecule has 1 heterocycles. The van der Waals surface area contributed by atoms with E-state index < -0.39 is 0 Å². The molecule has 0 saturated carbocycles. The van der Waals surface area contributed by atoms with Crippen LogP contribution in [0, 0.1) is 6.92 Å². The van der Waals surface area contributed by atoms with Crippen LogP contribution in [0.25, 0.3) is 0 Å². The molecule has 0 aliphatic heterocycles. The number of nitrogens with one attached hydrogen (secondary N) is 2. The minimum atomic E-state index is 0.405. The summed E-state index contributed by atoms with van der Waals surface area (Å²) in [6, 6.07) is 0. The van der Waals surface area contributed by atoms with Crippen molar-refractivity contribution in [3.05, 3.63) is 11.7 Å². The highest BCUT2D eigenvalue weighted by Crippen LogP contribution is 1.97. The van der Waals surface area contributed by atoms with E-state index in [1.807, 2.05) is 6.92 Å². The van der Waals surface area contributed by atoms with Crippen LogP contribution in [0.1, 0.15) is 38.4 Å². The van der Waals surface area contributed by atoms with Crippen molar-refractivity contribution in [2.45, 2.75) is 40.2 Å². The van der Waals surface area contributed by atoms with Gasteiger partial charge in [0, 0.05) is 13.1 Å². The Morgan fingerprint density at radius 1 is 1.35 bits per heavy atom. The Hall–Kier alpha value is -1.59. The maximum absolute atomic E-state index is 4.99. The van der Waals surface area contributed by atoms with Crippen LogP contribution in [0.4, 0.5) is 0 Å². The van der Waals surface area contributed by atoms with E-state index in [1.54, 1.807) is 6.92 Å². The second-order valence-electron chi connectivity index (χ2n) is 3.71. The molecule has 17 heavy (non-hydrogen) atoms. The van der Waals surface area contributed by atoms with Gasteiger partial charge in [-0.3, -0.25) is 0 Å². The van der Waals surface area contributed by atoms with Crippen molar-refractivity contribution in [2.75, 3.05) is 13.1 Å². The molecule has 1 aromatic heterocycles. The van der Waals surface area contributed by atoms with Crippen LogP contribution in [-0.2, 0) is 6.54 Å². The van der Waals surface area contributed by atoms with Crippen molar-refractivity contribution in [3.63, 3.8) is 0 Å². The number of aromatic nitrogens is 2. The Morgan fingerprint density at radius 2 is 2.18 bits per heavy atom. The number of aryl methyl sites for hydroxylation is 1. The molecular formula is C11H21N5O. The summed E-state index contributed by atoms with van der Waals surface area (Å²) in [5, 5.41) is 10.1. The molecular weight excluding hydrogens is 218 g/mol. The highest BCUT2D eigenvalue weighted by Gasteiger charge is 2.02. The highest BCUT2D eigenvalue weighted by atomic mass is 16.5. The second-order valence-corrected chi connectivity index (χ2v) is 3.71. The molecule has 0 bridgehead atoms. The van der Waals surface area contributed by atoms with Crippen LogP contribution in [0.3, 0.4) is 0 Å². The third-order valence-corrected chi connectivity index (χ3v) is 2.11. The highest BCUT2D eigenvalue weighted by molar-refractivity contribution is 5.79. The van der Waals surface area contributed by atoms with Crippen molar-refractivity contribution < 1.29 is 4.52 Å².